The fourth-order valence-electron chi connectivity index (χ4n) is 6.42. The molecule has 28 heavy (non-hydrogen) atoms. The maximum atomic E-state index is 10.1. The van der Waals surface area contributed by atoms with Crippen molar-refractivity contribution < 1.29 is 15.3 Å². The molecular formula is C25H40O3. The molecule has 0 saturated heterocycles. The molecule has 3 heteroatoms. The maximum absolute atomic E-state index is 10.1. The molecule has 0 aromatic rings. The van der Waals surface area contributed by atoms with E-state index in [0.717, 1.165) is 30.3 Å². The molecule has 3 rings (SSSR count). The number of hydrogen-bond donors (Lipinski definition) is 3. The number of aliphatic hydroxyl groups is 3. The van der Waals surface area contributed by atoms with E-state index in [1.54, 1.807) is 5.57 Å². The summed E-state index contributed by atoms with van der Waals surface area (Å²) in [5.74, 6) is 2.19. The first kappa shape index (κ1) is 21.8. The molecule has 3 aliphatic rings. The van der Waals surface area contributed by atoms with Gasteiger partial charge in [0.05, 0.1) is 12.2 Å². The highest BCUT2D eigenvalue weighted by molar-refractivity contribution is 5.29. The highest BCUT2D eigenvalue weighted by Gasteiger charge is 2.50. The molecule has 3 saturated carbocycles. The molecular weight excluding hydrogens is 348 g/mol. The average Bonchev–Trinajstić information content (AvgIpc) is 3.02. The first-order valence-electron chi connectivity index (χ1n) is 11.4. The zero-order valence-electron chi connectivity index (χ0n) is 17.9. The van der Waals surface area contributed by atoms with Gasteiger partial charge in [-0.05, 0) is 80.1 Å². The average molecular weight is 389 g/mol. The predicted molar refractivity (Wildman–Crippen MR) is 115 cm³/mol. The van der Waals surface area contributed by atoms with Gasteiger partial charge < -0.3 is 15.3 Å². The molecule has 3 fully saturated rings. The Morgan fingerprint density at radius 3 is 2.54 bits per heavy atom. The molecule has 158 valence electrons. The quantitative estimate of drug-likeness (QED) is 0.447. The summed E-state index contributed by atoms with van der Waals surface area (Å²) in [6.45, 7) is 9.07. The molecule has 0 aromatic carbocycles. The van der Waals surface area contributed by atoms with Gasteiger partial charge >= 0.3 is 0 Å². The summed E-state index contributed by atoms with van der Waals surface area (Å²) >= 11 is 0. The standard InChI is InChI=1S/C25H40O3/c1-17(7-4-5-14-26)21-11-12-22-20(8-6-13-25(21,22)3)10-9-19-15-23(27)18(2)24(28)16-19/h9-10,17,21-24,26-28H,2,4-8,11-16H2,1,3H3/t17-,21-,22+,23-,24-,25-/m1/s1. The van der Waals surface area contributed by atoms with E-state index in [1.165, 1.54) is 38.5 Å². The number of aliphatic hydroxyl groups excluding tert-OH is 3. The van der Waals surface area contributed by atoms with Crippen LogP contribution in [0.15, 0.2) is 35.5 Å². The number of hydrogen-bond acceptors (Lipinski definition) is 3. The lowest BCUT2D eigenvalue weighted by atomic mass is 9.60. The normalized spacial score (nSPS) is 38.5. The molecule has 3 N–H and O–H groups in total. The van der Waals surface area contributed by atoms with Gasteiger partial charge in [0.2, 0.25) is 0 Å². The lowest BCUT2D eigenvalue weighted by Gasteiger charge is -2.44. The largest absolute Gasteiger partial charge is 0.396 e. The van der Waals surface area contributed by atoms with Crippen LogP contribution in [0.4, 0.5) is 0 Å². The van der Waals surface area contributed by atoms with E-state index in [0.29, 0.717) is 36.4 Å². The summed E-state index contributed by atoms with van der Waals surface area (Å²) in [6, 6.07) is 0. The van der Waals surface area contributed by atoms with E-state index in [4.69, 9.17) is 5.11 Å². The van der Waals surface area contributed by atoms with Crippen molar-refractivity contribution in [2.45, 2.75) is 90.3 Å². The van der Waals surface area contributed by atoms with Crippen LogP contribution in [-0.4, -0.2) is 34.1 Å². The van der Waals surface area contributed by atoms with Crippen molar-refractivity contribution in [1.82, 2.24) is 0 Å². The van der Waals surface area contributed by atoms with Gasteiger partial charge in [-0.3, -0.25) is 0 Å². The zero-order chi connectivity index (χ0) is 20.3. The highest BCUT2D eigenvalue weighted by atomic mass is 16.3. The third-order valence-corrected chi connectivity index (χ3v) is 8.09. The molecule has 0 aliphatic heterocycles. The van der Waals surface area contributed by atoms with E-state index in [1.807, 2.05) is 0 Å². The van der Waals surface area contributed by atoms with Crippen molar-refractivity contribution in [2.24, 2.45) is 23.2 Å². The number of allylic oxidation sites excluding steroid dienone is 3. The molecule has 0 bridgehead atoms. The summed E-state index contributed by atoms with van der Waals surface area (Å²) in [7, 11) is 0. The Morgan fingerprint density at radius 2 is 1.86 bits per heavy atom. The molecule has 0 heterocycles. The van der Waals surface area contributed by atoms with Crippen LogP contribution in [0.25, 0.3) is 0 Å². The van der Waals surface area contributed by atoms with Gasteiger partial charge in [0, 0.05) is 6.61 Å². The maximum Gasteiger partial charge on any atom is 0.0809 e. The van der Waals surface area contributed by atoms with Gasteiger partial charge in [-0.1, -0.05) is 56.6 Å². The number of rotatable bonds is 6. The second-order valence-electron chi connectivity index (χ2n) is 9.87. The van der Waals surface area contributed by atoms with E-state index in [9.17, 15) is 10.2 Å². The van der Waals surface area contributed by atoms with Crippen LogP contribution in [0, 0.1) is 23.2 Å². The lowest BCUT2D eigenvalue weighted by Crippen LogP contribution is -2.36. The Morgan fingerprint density at radius 1 is 1.14 bits per heavy atom. The zero-order valence-corrected chi connectivity index (χ0v) is 17.9. The minimum absolute atomic E-state index is 0.315. The second-order valence-corrected chi connectivity index (χ2v) is 9.87. The summed E-state index contributed by atoms with van der Waals surface area (Å²) in [6.07, 6.45) is 14.2. The summed E-state index contributed by atoms with van der Waals surface area (Å²) in [4.78, 5) is 0. The van der Waals surface area contributed by atoms with Crippen molar-refractivity contribution in [1.29, 1.82) is 0 Å². The summed E-state index contributed by atoms with van der Waals surface area (Å²) < 4.78 is 0. The molecule has 0 amide bonds. The Labute approximate surface area is 171 Å². The highest BCUT2D eigenvalue weighted by Crippen LogP contribution is 2.59. The lowest BCUT2D eigenvalue weighted by molar-refractivity contribution is 0.0925. The second kappa shape index (κ2) is 9.28. The molecule has 6 atom stereocenters. The van der Waals surface area contributed by atoms with Gasteiger partial charge in [0.1, 0.15) is 0 Å². The molecule has 0 spiro atoms. The smallest absolute Gasteiger partial charge is 0.0809 e. The Balaban J connectivity index is 1.70. The van der Waals surface area contributed by atoms with Crippen LogP contribution >= 0.6 is 0 Å². The van der Waals surface area contributed by atoms with Gasteiger partial charge in [0.25, 0.3) is 0 Å². The van der Waals surface area contributed by atoms with Crippen LogP contribution < -0.4 is 0 Å². The summed E-state index contributed by atoms with van der Waals surface area (Å²) in [5, 5.41) is 29.3. The molecule has 0 radical (unpaired) electrons. The Bertz CT molecular complexity index is 603. The first-order chi connectivity index (χ1) is 13.4. The Kier molecular flexibility index (Phi) is 7.22. The minimum atomic E-state index is -0.611. The fourth-order valence-corrected chi connectivity index (χ4v) is 6.42. The third-order valence-electron chi connectivity index (χ3n) is 8.09. The number of fused-ring (bicyclic) bond motifs is 1. The van der Waals surface area contributed by atoms with Crippen LogP contribution in [-0.2, 0) is 0 Å². The van der Waals surface area contributed by atoms with E-state index >= 15 is 0 Å². The van der Waals surface area contributed by atoms with Crippen LogP contribution in [0.3, 0.4) is 0 Å². The molecule has 0 aromatic heterocycles. The monoisotopic (exact) mass is 388 g/mol. The Hall–Kier alpha value is -0.900. The van der Waals surface area contributed by atoms with E-state index in [-0.39, 0.29) is 0 Å². The van der Waals surface area contributed by atoms with Gasteiger partial charge in [0.15, 0.2) is 0 Å². The number of unbranched alkanes of at least 4 members (excludes halogenated alkanes) is 1. The van der Waals surface area contributed by atoms with Crippen LogP contribution in [0.5, 0.6) is 0 Å². The van der Waals surface area contributed by atoms with Crippen molar-refractivity contribution in [3.63, 3.8) is 0 Å². The van der Waals surface area contributed by atoms with Crippen molar-refractivity contribution in [3.05, 3.63) is 35.5 Å². The SMILES string of the molecule is C=C1[C@H](O)CC(=CC=C2CCC[C@]3(C)[C@@H]([C@H](C)CCCCO)CC[C@@H]23)C[C@H]1O. The van der Waals surface area contributed by atoms with Crippen molar-refractivity contribution >= 4 is 0 Å². The minimum Gasteiger partial charge on any atom is -0.396 e. The van der Waals surface area contributed by atoms with Crippen LogP contribution in [0.2, 0.25) is 0 Å². The van der Waals surface area contributed by atoms with E-state index in [2.05, 4.69) is 32.6 Å². The summed E-state index contributed by atoms with van der Waals surface area (Å²) in [5.41, 5.74) is 3.68. The molecule has 0 unspecified atom stereocenters. The topological polar surface area (TPSA) is 60.7 Å². The van der Waals surface area contributed by atoms with Crippen LogP contribution in [0.1, 0.15) is 78.1 Å². The van der Waals surface area contributed by atoms with Gasteiger partial charge in [-0.2, -0.15) is 0 Å². The fraction of sp³-hybridized carbons (Fsp3) is 0.760. The molecule has 3 aliphatic carbocycles. The third kappa shape index (κ3) is 4.47. The molecule has 3 nitrogen and oxygen atoms in total. The predicted octanol–water partition coefficient (Wildman–Crippen LogP) is 4.93. The first-order valence-corrected chi connectivity index (χ1v) is 11.4. The van der Waals surface area contributed by atoms with Gasteiger partial charge in [-0.25, -0.2) is 0 Å². The van der Waals surface area contributed by atoms with Crippen molar-refractivity contribution in [2.75, 3.05) is 6.61 Å². The van der Waals surface area contributed by atoms with Gasteiger partial charge in [-0.15, -0.1) is 0 Å². The van der Waals surface area contributed by atoms with E-state index < -0.39 is 12.2 Å². The van der Waals surface area contributed by atoms with Crippen molar-refractivity contribution in [3.8, 4) is 0 Å².